The fourth-order valence-corrected chi connectivity index (χ4v) is 4.32. The van der Waals surface area contributed by atoms with Gasteiger partial charge >= 0.3 is 5.69 Å². The van der Waals surface area contributed by atoms with Crippen LogP contribution in [0.3, 0.4) is 0 Å². The maximum Gasteiger partial charge on any atom is 0.314 e. The van der Waals surface area contributed by atoms with Crippen LogP contribution in [0, 0.1) is 0 Å². The molecule has 0 atom stereocenters. The Labute approximate surface area is 97.7 Å². The second kappa shape index (κ2) is 3.85. The Morgan fingerprint density at radius 3 is 1.81 bits per heavy atom. The molecule has 0 spiro atoms. The van der Waals surface area contributed by atoms with Gasteiger partial charge in [-0.3, -0.25) is 9.03 Å². The second-order valence-electron chi connectivity index (χ2n) is 5.98. The number of hydrogen-bond acceptors (Lipinski definition) is 2. The predicted molar refractivity (Wildman–Crippen MR) is 72.5 cm³/mol. The molecule has 0 radical (unpaired) electrons. The zero-order chi connectivity index (χ0) is 12.7. The minimum atomic E-state index is -1.94. The number of rotatable bonds is 2. The Kier molecular flexibility index (Phi) is 3.17. The van der Waals surface area contributed by atoms with Crippen molar-refractivity contribution in [1.29, 1.82) is 0 Å². The highest BCUT2D eigenvalue weighted by Gasteiger charge is 2.25. The standard InChI is InChI=1S/C10H20N2O2Si2/c1-15(2,3)11-8-7-9(13)12(10(11)14)16(4,5)6/h7-8H,1-6H3. The summed E-state index contributed by atoms with van der Waals surface area (Å²) in [6, 6.07) is 1.51. The predicted octanol–water partition coefficient (Wildman–Crippen LogP) is 1.38. The van der Waals surface area contributed by atoms with Crippen LogP contribution in [0.5, 0.6) is 0 Å². The van der Waals surface area contributed by atoms with Crippen molar-refractivity contribution in [3.63, 3.8) is 0 Å². The molecule has 0 fully saturated rings. The van der Waals surface area contributed by atoms with Gasteiger partial charge in [0.2, 0.25) is 5.56 Å². The molecule has 0 unspecified atom stereocenters. The summed E-state index contributed by atoms with van der Waals surface area (Å²) in [6.45, 7) is 12.3. The van der Waals surface area contributed by atoms with E-state index < -0.39 is 16.5 Å². The SMILES string of the molecule is C[Si](C)(C)n1ccc(=O)n([Si](C)(C)C)c1=O. The molecule has 4 nitrogen and oxygen atoms in total. The molecule has 0 N–H and O–H groups in total. The van der Waals surface area contributed by atoms with Crippen molar-refractivity contribution < 1.29 is 0 Å². The molecule has 90 valence electrons. The third-order valence-corrected chi connectivity index (χ3v) is 5.92. The topological polar surface area (TPSA) is 44.0 Å². The summed E-state index contributed by atoms with van der Waals surface area (Å²) in [6.07, 6.45) is 1.65. The second-order valence-corrected chi connectivity index (χ2v) is 15.6. The molecular formula is C10H20N2O2Si2. The van der Waals surface area contributed by atoms with Crippen LogP contribution in [0.4, 0.5) is 0 Å². The van der Waals surface area contributed by atoms with Crippen LogP contribution in [0.25, 0.3) is 0 Å². The van der Waals surface area contributed by atoms with Crippen LogP contribution in [0.1, 0.15) is 0 Å². The zero-order valence-corrected chi connectivity index (χ0v) is 12.9. The van der Waals surface area contributed by atoms with Crippen molar-refractivity contribution in [3.05, 3.63) is 33.1 Å². The molecular weight excluding hydrogens is 236 g/mol. The highest BCUT2D eigenvalue weighted by molar-refractivity contribution is 6.75. The molecule has 1 aromatic heterocycles. The quantitative estimate of drug-likeness (QED) is 0.750. The van der Waals surface area contributed by atoms with E-state index in [0.29, 0.717) is 0 Å². The van der Waals surface area contributed by atoms with Crippen LogP contribution in [0.2, 0.25) is 39.3 Å². The lowest BCUT2D eigenvalue weighted by Gasteiger charge is -2.25. The highest BCUT2D eigenvalue weighted by atomic mass is 28.3. The fourth-order valence-electron chi connectivity index (χ4n) is 1.61. The molecule has 1 heterocycles. The average molecular weight is 256 g/mol. The summed E-state index contributed by atoms with van der Waals surface area (Å²) < 4.78 is 3.22. The van der Waals surface area contributed by atoms with Crippen molar-refractivity contribution in [2.24, 2.45) is 0 Å². The smallest absolute Gasteiger partial charge is 0.314 e. The molecule has 0 bridgehead atoms. The molecule has 0 saturated heterocycles. The molecule has 1 rings (SSSR count). The summed E-state index contributed by atoms with van der Waals surface area (Å²) in [5, 5.41) is 0. The molecule has 1 aromatic rings. The van der Waals surface area contributed by atoms with Gasteiger partial charge in [-0.1, -0.05) is 39.3 Å². The summed E-state index contributed by atoms with van der Waals surface area (Å²) >= 11 is 0. The molecule has 0 saturated carbocycles. The van der Waals surface area contributed by atoms with E-state index in [1.165, 1.54) is 10.3 Å². The minimum Gasteiger partial charge on any atom is -0.330 e. The largest absolute Gasteiger partial charge is 0.330 e. The van der Waals surface area contributed by atoms with Crippen LogP contribution < -0.4 is 11.2 Å². The summed E-state index contributed by atoms with van der Waals surface area (Å²) in [5.41, 5.74) is -0.301. The van der Waals surface area contributed by atoms with Gasteiger partial charge in [-0.25, -0.2) is 4.79 Å². The van der Waals surface area contributed by atoms with Crippen molar-refractivity contribution >= 4 is 16.5 Å². The lowest BCUT2D eigenvalue weighted by atomic mass is 10.7. The Morgan fingerprint density at radius 2 is 1.44 bits per heavy atom. The van der Waals surface area contributed by atoms with Gasteiger partial charge in [-0.2, -0.15) is 0 Å². The monoisotopic (exact) mass is 256 g/mol. The van der Waals surface area contributed by atoms with Gasteiger partial charge in [0.05, 0.1) is 0 Å². The lowest BCUT2D eigenvalue weighted by molar-refractivity contribution is 0.860. The Hall–Kier alpha value is -0.886. The van der Waals surface area contributed by atoms with Crippen molar-refractivity contribution in [2.75, 3.05) is 0 Å². The average Bonchev–Trinajstić information content (AvgIpc) is 1.97. The zero-order valence-electron chi connectivity index (χ0n) is 10.9. The number of nitrogens with zero attached hydrogens (tertiary/aromatic N) is 2. The molecule has 0 aliphatic rings. The van der Waals surface area contributed by atoms with Gasteiger partial charge in [0.1, 0.15) is 0 Å². The number of hydrogen-bond donors (Lipinski definition) is 0. The van der Waals surface area contributed by atoms with Crippen molar-refractivity contribution in [2.45, 2.75) is 39.3 Å². The van der Waals surface area contributed by atoms with Crippen LogP contribution >= 0.6 is 0 Å². The van der Waals surface area contributed by atoms with E-state index in [0.717, 1.165) is 0 Å². The minimum absolute atomic E-state index is 0.133. The van der Waals surface area contributed by atoms with Crippen LogP contribution in [0.15, 0.2) is 21.9 Å². The first-order chi connectivity index (χ1) is 7.05. The first-order valence-corrected chi connectivity index (χ1v) is 12.3. The maximum atomic E-state index is 12.3. The lowest BCUT2D eigenvalue weighted by Crippen LogP contribution is -2.56. The van der Waals surface area contributed by atoms with E-state index in [1.807, 2.05) is 19.6 Å². The maximum absolute atomic E-state index is 12.3. The molecule has 0 aliphatic carbocycles. The summed E-state index contributed by atoms with van der Waals surface area (Å²) in [5.74, 6) is 0. The molecule has 6 heteroatoms. The molecule has 0 aromatic carbocycles. The van der Waals surface area contributed by atoms with E-state index in [9.17, 15) is 9.59 Å². The van der Waals surface area contributed by atoms with Crippen LogP contribution in [-0.2, 0) is 0 Å². The first-order valence-electron chi connectivity index (χ1n) is 5.41. The Bertz CT molecular complexity index is 503. The number of aromatic nitrogens is 2. The first kappa shape index (κ1) is 13.2. The normalized spacial score (nSPS) is 12.9. The third-order valence-electron chi connectivity index (χ3n) is 2.38. The summed E-state index contributed by atoms with van der Waals surface area (Å²) in [4.78, 5) is 24.0. The van der Waals surface area contributed by atoms with Gasteiger partial charge in [0, 0.05) is 12.3 Å². The highest BCUT2D eigenvalue weighted by Crippen LogP contribution is 2.03. The third kappa shape index (κ3) is 2.43. The van der Waals surface area contributed by atoms with Crippen LogP contribution in [-0.4, -0.2) is 24.9 Å². The Balaban J connectivity index is 3.66. The van der Waals surface area contributed by atoms with E-state index in [2.05, 4.69) is 19.6 Å². The fraction of sp³-hybridized carbons (Fsp3) is 0.600. The van der Waals surface area contributed by atoms with E-state index in [1.54, 1.807) is 10.4 Å². The van der Waals surface area contributed by atoms with Gasteiger partial charge in [0.25, 0.3) is 0 Å². The molecule has 0 aliphatic heterocycles. The van der Waals surface area contributed by atoms with E-state index in [4.69, 9.17) is 0 Å². The molecule has 0 amide bonds. The van der Waals surface area contributed by atoms with Gasteiger partial charge in [-0.05, 0) is 0 Å². The van der Waals surface area contributed by atoms with Crippen molar-refractivity contribution in [3.8, 4) is 0 Å². The van der Waals surface area contributed by atoms with Gasteiger partial charge in [0.15, 0.2) is 16.5 Å². The van der Waals surface area contributed by atoms with E-state index >= 15 is 0 Å². The Morgan fingerprint density at radius 1 is 0.938 bits per heavy atom. The summed E-state index contributed by atoms with van der Waals surface area (Å²) in [7, 11) is -3.68. The van der Waals surface area contributed by atoms with Gasteiger partial charge < -0.3 is 4.23 Å². The van der Waals surface area contributed by atoms with E-state index in [-0.39, 0.29) is 11.2 Å². The van der Waals surface area contributed by atoms with Crippen molar-refractivity contribution in [1.82, 2.24) is 8.47 Å². The molecule has 16 heavy (non-hydrogen) atoms. The van der Waals surface area contributed by atoms with Gasteiger partial charge in [-0.15, -0.1) is 0 Å².